The first-order valence-electron chi connectivity index (χ1n) is 10.5. The van der Waals surface area contributed by atoms with Crippen LogP contribution in [0.25, 0.3) is 0 Å². The topological polar surface area (TPSA) is 126 Å². The summed E-state index contributed by atoms with van der Waals surface area (Å²) >= 11 is 0. The van der Waals surface area contributed by atoms with E-state index in [4.69, 9.17) is 10.5 Å². The van der Waals surface area contributed by atoms with Crippen molar-refractivity contribution in [1.29, 1.82) is 0 Å². The second-order valence-corrected chi connectivity index (χ2v) is 8.17. The van der Waals surface area contributed by atoms with Crippen molar-refractivity contribution < 1.29 is 14.3 Å². The Morgan fingerprint density at radius 1 is 1.26 bits per heavy atom. The number of nitrogens with one attached hydrogen (secondary N) is 2. The molecule has 2 amide bonds. The van der Waals surface area contributed by atoms with Crippen molar-refractivity contribution in [1.82, 2.24) is 14.9 Å². The van der Waals surface area contributed by atoms with Crippen LogP contribution in [0.5, 0.6) is 5.75 Å². The molecule has 31 heavy (non-hydrogen) atoms. The van der Waals surface area contributed by atoms with E-state index < -0.39 is 5.91 Å². The molecule has 10 nitrogen and oxygen atoms in total. The van der Waals surface area contributed by atoms with Crippen LogP contribution in [0.3, 0.4) is 0 Å². The van der Waals surface area contributed by atoms with Gasteiger partial charge in [0.05, 0.1) is 17.3 Å². The van der Waals surface area contributed by atoms with Gasteiger partial charge in [-0.2, -0.15) is 4.98 Å². The molecule has 1 aromatic carbocycles. The zero-order chi connectivity index (χ0) is 21.5. The molecule has 2 aromatic rings. The molecule has 0 unspecified atom stereocenters. The largest absolute Gasteiger partial charge is 0.489 e. The molecular weight excluding hydrogens is 398 g/mol. The number of hydrogen-bond acceptors (Lipinski definition) is 8. The lowest BCUT2D eigenvalue weighted by molar-refractivity contribution is -0.129. The molecule has 0 bridgehead atoms. The van der Waals surface area contributed by atoms with Gasteiger partial charge in [0.2, 0.25) is 11.9 Å². The van der Waals surface area contributed by atoms with Gasteiger partial charge in [0.15, 0.2) is 0 Å². The average molecular weight is 423 g/mol. The maximum Gasteiger partial charge on any atom is 0.254 e. The van der Waals surface area contributed by atoms with E-state index in [0.29, 0.717) is 37.5 Å². The molecule has 1 saturated carbocycles. The molecule has 4 N–H and O–H groups in total. The minimum atomic E-state index is -0.559. The SMILES string of the molecule is CC(=O)N1CCN2c3ccc(Nc4ncc(C(N)=O)c(NC5CC5)n4)cc3OC[C@H]2C1. The Hall–Kier alpha value is -3.56. The van der Waals surface area contributed by atoms with Crippen molar-refractivity contribution in [3.05, 3.63) is 30.0 Å². The number of primary amides is 1. The number of aromatic nitrogens is 2. The highest BCUT2D eigenvalue weighted by Crippen LogP contribution is 2.38. The first-order valence-corrected chi connectivity index (χ1v) is 10.5. The number of hydrogen-bond donors (Lipinski definition) is 3. The van der Waals surface area contributed by atoms with Gasteiger partial charge in [-0.3, -0.25) is 9.59 Å². The van der Waals surface area contributed by atoms with Crippen molar-refractivity contribution in [3.63, 3.8) is 0 Å². The van der Waals surface area contributed by atoms with E-state index in [-0.39, 0.29) is 17.5 Å². The van der Waals surface area contributed by atoms with Gasteiger partial charge in [0.25, 0.3) is 5.91 Å². The quantitative estimate of drug-likeness (QED) is 0.658. The summed E-state index contributed by atoms with van der Waals surface area (Å²) < 4.78 is 6.00. The minimum absolute atomic E-state index is 0.0999. The standard InChI is InChI=1S/C21H25N7O3/c1-12(29)27-6-7-28-15(10-27)11-31-18-8-14(4-5-17(18)28)25-21-23-9-16(19(22)30)20(26-21)24-13-2-3-13/h4-5,8-9,13,15H,2-3,6-7,10-11H2,1H3,(H2,22,30)(H2,23,24,25,26)/t15-/m1/s1. The number of carbonyl (C=O) groups excluding carboxylic acids is 2. The number of nitrogens with zero attached hydrogens (tertiary/aromatic N) is 4. The van der Waals surface area contributed by atoms with E-state index in [1.54, 1.807) is 6.92 Å². The van der Waals surface area contributed by atoms with E-state index in [1.165, 1.54) is 6.20 Å². The third kappa shape index (κ3) is 3.92. The fourth-order valence-electron chi connectivity index (χ4n) is 4.01. The van der Waals surface area contributed by atoms with E-state index >= 15 is 0 Å². The number of amides is 2. The zero-order valence-electron chi connectivity index (χ0n) is 17.3. The Morgan fingerprint density at radius 2 is 2.10 bits per heavy atom. The van der Waals surface area contributed by atoms with Gasteiger partial charge in [-0.25, -0.2) is 4.98 Å². The normalized spacial score (nSPS) is 19.7. The Bertz CT molecular complexity index is 1040. The van der Waals surface area contributed by atoms with E-state index in [1.807, 2.05) is 23.1 Å². The highest BCUT2D eigenvalue weighted by atomic mass is 16.5. The van der Waals surface area contributed by atoms with Crippen LogP contribution in [0, 0.1) is 0 Å². The monoisotopic (exact) mass is 423 g/mol. The maximum atomic E-state index is 11.7. The molecule has 1 saturated heterocycles. The summed E-state index contributed by atoms with van der Waals surface area (Å²) in [5.41, 5.74) is 7.53. The fraction of sp³-hybridized carbons (Fsp3) is 0.429. The van der Waals surface area contributed by atoms with Gasteiger partial charge in [-0.15, -0.1) is 0 Å². The minimum Gasteiger partial charge on any atom is -0.489 e. The third-order valence-electron chi connectivity index (χ3n) is 5.86. The summed E-state index contributed by atoms with van der Waals surface area (Å²) in [5, 5.41) is 6.42. The second kappa shape index (κ2) is 7.60. The molecule has 162 valence electrons. The molecule has 10 heteroatoms. The molecule has 0 spiro atoms. The van der Waals surface area contributed by atoms with Crippen LogP contribution in [0.15, 0.2) is 24.4 Å². The van der Waals surface area contributed by atoms with Crippen LogP contribution in [-0.2, 0) is 4.79 Å². The lowest BCUT2D eigenvalue weighted by Gasteiger charge is -2.45. The Balaban J connectivity index is 1.34. The van der Waals surface area contributed by atoms with Crippen LogP contribution >= 0.6 is 0 Å². The molecule has 2 aliphatic heterocycles. The molecule has 2 fully saturated rings. The first-order chi connectivity index (χ1) is 15.0. The van der Waals surface area contributed by atoms with Gasteiger partial charge in [-0.05, 0) is 25.0 Å². The molecule has 1 aromatic heterocycles. The number of rotatable bonds is 5. The highest BCUT2D eigenvalue weighted by molar-refractivity contribution is 5.97. The molecular formula is C21H25N7O3. The van der Waals surface area contributed by atoms with Gasteiger partial charge < -0.3 is 30.9 Å². The highest BCUT2D eigenvalue weighted by Gasteiger charge is 2.33. The third-order valence-corrected chi connectivity index (χ3v) is 5.86. The van der Waals surface area contributed by atoms with Crippen LogP contribution in [-0.4, -0.2) is 65.0 Å². The van der Waals surface area contributed by atoms with Crippen molar-refractivity contribution in [2.24, 2.45) is 5.73 Å². The fourth-order valence-corrected chi connectivity index (χ4v) is 4.01. The summed E-state index contributed by atoms with van der Waals surface area (Å²) in [6, 6.07) is 6.36. The lowest BCUT2D eigenvalue weighted by Crippen LogP contribution is -2.58. The number of nitrogens with two attached hydrogens (primary N) is 1. The van der Waals surface area contributed by atoms with E-state index in [2.05, 4.69) is 25.5 Å². The number of ether oxygens (including phenoxy) is 1. The van der Waals surface area contributed by atoms with Crippen LogP contribution in [0.2, 0.25) is 0 Å². The molecule has 5 rings (SSSR count). The molecule has 3 heterocycles. The Kier molecular flexibility index (Phi) is 4.76. The van der Waals surface area contributed by atoms with E-state index in [0.717, 1.165) is 36.5 Å². The number of piperazine rings is 1. The van der Waals surface area contributed by atoms with Crippen LogP contribution in [0.1, 0.15) is 30.1 Å². The predicted molar refractivity (Wildman–Crippen MR) is 116 cm³/mol. The number of fused-ring (bicyclic) bond motifs is 3. The van der Waals surface area contributed by atoms with Gasteiger partial charge in [0, 0.05) is 50.6 Å². The molecule has 1 aliphatic carbocycles. The summed E-state index contributed by atoms with van der Waals surface area (Å²) in [6.07, 6.45) is 3.54. The van der Waals surface area contributed by atoms with Crippen LogP contribution < -0.4 is 26.0 Å². The molecule has 3 aliphatic rings. The number of benzene rings is 1. The maximum absolute atomic E-state index is 11.7. The Labute approximate surface area is 179 Å². The van der Waals surface area contributed by atoms with Crippen molar-refractivity contribution in [2.45, 2.75) is 31.8 Å². The molecule has 1 atom stereocenters. The second-order valence-electron chi connectivity index (χ2n) is 8.17. The van der Waals surface area contributed by atoms with Crippen molar-refractivity contribution in [3.8, 4) is 5.75 Å². The first kappa shape index (κ1) is 19.4. The van der Waals surface area contributed by atoms with Crippen molar-refractivity contribution >= 4 is 35.0 Å². The summed E-state index contributed by atoms with van der Waals surface area (Å²) in [7, 11) is 0. The summed E-state index contributed by atoms with van der Waals surface area (Å²) in [6.45, 7) is 4.29. The van der Waals surface area contributed by atoms with E-state index in [9.17, 15) is 9.59 Å². The zero-order valence-corrected chi connectivity index (χ0v) is 17.3. The number of anilines is 4. The Morgan fingerprint density at radius 3 is 2.84 bits per heavy atom. The predicted octanol–water partition coefficient (Wildman–Crippen LogP) is 1.32. The van der Waals surface area contributed by atoms with Gasteiger partial charge in [0.1, 0.15) is 18.2 Å². The van der Waals surface area contributed by atoms with Crippen LogP contribution in [0.4, 0.5) is 23.1 Å². The molecule has 0 radical (unpaired) electrons. The number of carbonyl (C=O) groups is 2. The van der Waals surface area contributed by atoms with Gasteiger partial charge in [-0.1, -0.05) is 0 Å². The van der Waals surface area contributed by atoms with Crippen molar-refractivity contribution in [2.75, 3.05) is 41.8 Å². The smallest absolute Gasteiger partial charge is 0.254 e. The summed E-state index contributed by atoms with van der Waals surface area (Å²) in [5.74, 6) is 1.14. The van der Waals surface area contributed by atoms with Gasteiger partial charge >= 0.3 is 0 Å². The lowest BCUT2D eigenvalue weighted by atomic mass is 10.1. The average Bonchev–Trinajstić information content (AvgIpc) is 3.57. The summed E-state index contributed by atoms with van der Waals surface area (Å²) in [4.78, 5) is 36.2.